The van der Waals surface area contributed by atoms with Crippen LogP contribution in [0.25, 0.3) is 0 Å². The molecule has 0 aliphatic heterocycles. The molecule has 0 amide bonds. The summed E-state index contributed by atoms with van der Waals surface area (Å²) < 4.78 is 23.5. The molecule has 106 valence electrons. The molecule has 2 aromatic rings. The van der Waals surface area contributed by atoms with Crippen molar-refractivity contribution in [3.63, 3.8) is 0 Å². The number of rotatable bonds is 5. The van der Waals surface area contributed by atoms with Gasteiger partial charge in [-0.3, -0.25) is 0 Å². The van der Waals surface area contributed by atoms with Crippen molar-refractivity contribution >= 4 is 21.4 Å². The average molecular weight is 310 g/mol. The van der Waals surface area contributed by atoms with Gasteiger partial charge in [0.15, 0.2) is 9.84 Å². The first-order valence-electron chi connectivity index (χ1n) is 6.20. The van der Waals surface area contributed by atoms with Crippen molar-refractivity contribution in [3.8, 4) is 0 Å². The van der Waals surface area contributed by atoms with Crippen LogP contribution in [0.1, 0.15) is 11.1 Å². The minimum Gasteiger partial charge on any atom is -0.309 e. The zero-order chi connectivity index (χ0) is 14.6. The number of hydrogen-bond donors (Lipinski definition) is 1. The van der Waals surface area contributed by atoms with Crippen LogP contribution in [-0.2, 0) is 22.9 Å². The summed E-state index contributed by atoms with van der Waals surface area (Å²) in [6.45, 7) is 1.08. The minimum absolute atomic E-state index is 0.283. The maximum atomic E-state index is 11.8. The zero-order valence-corrected chi connectivity index (χ0v) is 12.7. The first-order valence-corrected chi connectivity index (χ1v) is 8.47. The van der Waals surface area contributed by atoms with Gasteiger partial charge in [-0.1, -0.05) is 48.0 Å². The Morgan fingerprint density at radius 1 is 1.00 bits per heavy atom. The highest BCUT2D eigenvalue weighted by molar-refractivity contribution is 7.90. The maximum Gasteiger partial charge on any atom is 0.175 e. The van der Waals surface area contributed by atoms with Crippen LogP contribution in [0.5, 0.6) is 0 Å². The maximum absolute atomic E-state index is 11.8. The molecule has 1 N–H and O–H groups in total. The Morgan fingerprint density at radius 3 is 2.35 bits per heavy atom. The molecule has 0 aromatic heterocycles. The fourth-order valence-corrected chi connectivity index (χ4v) is 3.24. The molecule has 0 saturated heterocycles. The van der Waals surface area contributed by atoms with Crippen molar-refractivity contribution in [3.05, 3.63) is 64.7 Å². The number of hydrogen-bond acceptors (Lipinski definition) is 3. The number of sulfone groups is 1. The van der Waals surface area contributed by atoms with E-state index in [2.05, 4.69) is 5.32 Å². The van der Waals surface area contributed by atoms with Crippen LogP contribution in [-0.4, -0.2) is 14.7 Å². The third-order valence-corrected chi connectivity index (χ3v) is 4.48. The van der Waals surface area contributed by atoms with Gasteiger partial charge in [0.1, 0.15) is 0 Å². The summed E-state index contributed by atoms with van der Waals surface area (Å²) in [6, 6.07) is 14.9. The third kappa shape index (κ3) is 3.82. The zero-order valence-electron chi connectivity index (χ0n) is 11.1. The summed E-state index contributed by atoms with van der Waals surface area (Å²) in [5, 5.41) is 3.69. The van der Waals surface area contributed by atoms with E-state index >= 15 is 0 Å². The summed E-state index contributed by atoms with van der Waals surface area (Å²) in [6.07, 6.45) is 1.19. The van der Waals surface area contributed by atoms with Gasteiger partial charge in [-0.25, -0.2) is 8.42 Å². The van der Waals surface area contributed by atoms with E-state index in [0.717, 1.165) is 5.56 Å². The lowest BCUT2D eigenvalue weighted by Crippen LogP contribution is -2.15. The van der Waals surface area contributed by atoms with E-state index in [1.165, 1.54) is 6.26 Å². The van der Waals surface area contributed by atoms with Crippen LogP contribution in [0.2, 0.25) is 5.02 Å². The fourth-order valence-electron chi connectivity index (χ4n) is 1.99. The van der Waals surface area contributed by atoms with Crippen LogP contribution in [0.3, 0.4) is 0 Å². The molecule has 0 fully saturated rings. The quantitative estimate of drug-likeness (QED) is 0.923. The number of halogens is 1. The van der Waals surface area contributed by atoms with E-state index in [1.807, 2.05) is 30.3 Å². The predicted molar refractivity (Wildman–Crippen MR) is 81.5 cm³/mol. The van der Waals surface area contributed by atoms with E-state index in [4.69, 9.17) is 11.6 Å². The van der Waals surface area contributed by atoms with Crippen molar-refractivity contribution < 1.29 is 8.42 Å². The van der Waals surface area contributed by atoms with Crippen LogP contribution < -0.4 is 5.32 Å². The van der Waals surface area contributed by atoms with Gasteiger partial charge in [0.25, 0.3) is 0 Å². The monoisotopic (exact) mass is 309 g/mol. The van der Waals surface area contributed by atoms with E-state index in [9.17, 15) is 8.42 Å². The largest absolute Gasteiger partial charge is 0.309 e. The molecule has 3 nitrogen and oxygen atoms in total. The van der Waals surface area contributed by atoms with E-state index in [1.54, 1.807) is 18.2 Å². The van der Waals surface area contributed by atoms with E-state index in [-0.39, 0.29) is 4.90 Å². The molecular weight excluding hydrogens is 294 g/mol. The Bertz CT molecular complexity index is 684. The van der Waals surface area contributed by atoms with Crippen LogP contribution in [0, 0.1) is 0 Å². The van der Waals surface area contributed by atoms with E-state index in [0.29, 0.717) is 23.7 Å². The molecule has 0 spiro atoms. The lowest BCUT2D eigenvalue weighted by Gasteiger charge is -2.11. The highest BCUT2D eigenvalue weighted by atomic mass is 35.5. The smallest absolute Gasteiger partial charge is 0.175 e. The Kier molecular flexibility index (Phi) is 4.81. The summed E-state index contributed by atoms with van der Waals surface area (Å²) in [4.78, 5) is 0.283. The molecule has 0 radical (unpaired) electrons. The van der Waals surface area contributed by atoms with Crippen molar-refractivity contribution in [2.45, 2.75) is 18.0 Å². The molecule has 20 heavy (non-hydrogen) atoms. The standard InChI is InChI=1S/C15H16ClNO2S/c1-20(18,19)15-9-5-8-14(16)13(15)11-17-10-12-6-3-2-4-7-12/h2-9,17H,10-11H2,1H3. The highest BCUT2D eigenvalue weighted by Crippen LogP contribution is 2.23. The number of nitrogens with one attached hydrogen (secondary N) is 1. The molecule has 0 heterocycles. The molecular formula is C15H16ClNO2S. The molecule has 2 rings (SSSR count). The SMILES string of the molecule is CS(=O)(=O)c1cccc(Cl)c1CNCc1ccccc1. The Labute approximate surface area is 124 Å². The Hall–Kier alpha value is -1.36. The van der Waals surface area contributed by atoms with Gasteiger partial charge in [-0.2, -0.15) is 0 Å². The Balaban J connectivity index is 2.14. The van der Waals surface area contributed by atoms with Gasteiger partial charge in [0, 0.05) is 29.9 Å². The van der Waals surface area contributed by atoms with E-state index < -0.39 is 9.84 Å². The summed E-state index contributed by atoms with van der Waals surface area (Å²) in [7, 11) is -3.28. The van der Waals surface area contributed by atoms with Crippen LogP contribution >= 0.6 is 11.6 Å². The molecule has 0 aliphatic rings. The average Bonchev–Trinajstić information content (AvgIpc) is 2.40. The van der Waals surface area contributed by atoms with Gasteiger partial charge >= 0.3 is 0 Å². The lowest BCUT2D eigenvalue weighted by molar-refractivity contribution is 0.598. The highest BCUT2D eigenvalue weighted by Gasteiger charge is 2.15. The van der Waals surface area contributed by atoms with Crippen LogP contribution in [0.15, 0.2) is 53.4 Å². The first-order chi connectivity index (χ1) is 9.48. The number of benzene rings is 2. The normalized spacial score (nSPS) is 11.5. The molecule has 0 bridgehead atoms. The topological polar surface area (TPSA) is 46.2 Å². The van der Waals surface area contributed by atoms with Gasteiger partial charge in [0.05, 0.1) is 4.90 Å². The first kappa shape index (κ1) is 15.0. The van der Waals surface area contributed by atoms with Gasteiger partial charge < -0.3 is 5.32 Å². The van der Waals surface area contributed by atoms with Gasteiger partial charge in [0.2, 0.25) is 0 Å². The molecule has 5 heteroatoms. The molecule has 0 aliphatic carbocycles. The third-order valence-electron chi connectivity index (χ3n) is 2.95. The molecule has 0 unspecified atom stereocenters. The van der Waals surface area contributed by atoms with Gasteiger partial charge in [-0.15, -0.1) is 0 Å². The second-order valence-corrected chi connectivity index (χ2v) is 6.97. The van der Waals surface area contributed by atoms with Crippen LogP contribution in [0.4, 0.5) is 0 Å². The van der Waals surface area contributed by atoms with Crippen molar-refractivity contribution in [1.29, 1.82) is 0 Å². The predicted octanol–water partition coefficient (Wildman–Crippen LogP) is 3.03. The fraction of sp³-hybridized carbons (Fsp3) is 0.200. The second-order valence-electron chi connectivity index (χ2n) is 4.58. The summed E-state index contributed by atoms with van der Waals surface area (Å²) >= 11 is 6.11. The molecule has 0 atom stereocenters. The van der Waals surface area contributed by atoms with Crippen molar-refractivity contribution in [2.24, 2.45) is 0 Å². The Morgan fingerprint density at radius 2 is 1.70 bits per heavy atom. The van der Waals surface area contributed by atoms with Crippen molar-refractivity contribution in [1.82, 2.24) is 5.32 Å². The van der Waals surface area contributed by atoms with Gasteiger partial charge in [-0.05, 0) is 17.7 Å². The molecule has 0 saturated carbocycles. The second kappa shape index (κ2) is 6.39. The molecule has 2 aromatic carbocycles. The lowest BCUT2D eigenvalue weighted by atomic mass is 10.2. The summed E-state index contributed by atoms with van der Waals surface area (Å²) in [5.41, 5.74) is 1.76. The van der Waals surface area contributed by atoms with Crippen molar-refractivity contribution in [2.75, 3.05) is 6.26 Å². The summed E-state index contributed by atoms with van der Waals surface area (Å²) in [5.74, 6) is 0. The minimum atomic E-state index is -3.28.